The van der Waals surface area contributed by atoms with Gasteiger partial charge in [-0.3, -0.25) is 19.2 Å². The molecule has 0 radical (unpaired) electrons. The third kappa shape index (κ3) is 4.58. The van der Waals surface area contributed by atoms with Crippen LogP contribution < -0.4 is 4.90 Å². The number of carbonyl (C=O) groups is 5. The number of esters is 2. The lowest BCUT2D eigenvalue weighted by Gasteiger charge is -2.57. The van der Waals surface area contributed by atoms with E-state index in [1.807, 2.05) is 0 Å². The topological polar surface area (TPSA) is 149 Å². The van der Waals surface area contributed by atoms with E-state index in [1.165, 1.54) is 11.0 Å². The molecule has 1 unspecified atom stereocenters. The Labute approximate surface area is 242 Å². The van der Waals surface area contributed by atoms with Crippen LogP contribution in [0.3, 0.4) is 0 Å². The molecule has 5 rings (SSSR count). The summed E-state index contributed by atoms with van der Waals surface area (Å²) in [6.45, 7) is 5.37. The van der Waals surface area contributed by atoms with Crippen molar-refractivity contribution < 1.29 is 47.0 Å². The number of hydrogen-bond donors (Lipinski definition) is 0. The average Bonchev–Trinajstić information content (AvgIpc) is 3.34. The highest BCUT2D eigenvalue weighted by molar-refractivity contribution is 7.14. The standard InChI is InChI=1S/C26H27F2N5O8S/c1-11-8-31-20-16(6-17(18(27)19(20)28)22-30-29-13(3)42-22)7-26(21(31)12(2)41-11)23(36)32(9-39-14(4)34)25(38)33(24(26)37)10-40-15(5)35/h6,11-12,21H,7-10H2,1-5H3/t11-,12+,21?/m0/s1. The first-order chi connectivity index (χ1) is 19.8. The molecular formula is C26H27F2N5O8S. The van der Waals surface area contributed by atoms with Crippen LogP contribution in [0.25, 0.3) is 10.6 Å². The van der Waals surface area contributed by atoms with Gasteiger partial charge in [0.2, 0.25) is 0 Å². The van der Waals surface area contributed by atoms with Crippen molar-refractivity contribution >= 4 is 46.8 Å². The molecule has 13 nitrogen and oxygen atoms in total. The Balaban J connectivity index is 1.74. The number of fused-ring (bicyclic) bond motifs is 4. The first kappa shape index (κ1) is 29.4. The van der Waals surface area contributed by atoms with E-state index in [0.29, 0.717) is 14.8 Å². The monoisotopic (exact) mass is 607 g/mol. The number of carbonyl (C=O) groups excluding carboxylic acids is 5. The Bertz CT molecular complexity index is 1480. The second kappa shape index (κ2) is 10.7. The molecule has 0 saturated carbocycles. The van der Waals surface area contributed by atoms with Crippen molar-refractivity contribution in [3.63, 3.8) is 0 Å². The molecule has 3 aliphatic rings. The highest BCUT2D eigenvalue weighted by Gasteiger charge is 2.67. The Hall–Kier alpha value is -4.05. The lowest BCUT2D eigenvalue weighted by atomic mass is 9.65. The molecule has 1 aromatic carbocycles. The minimum Gasteiger partial charge on any atom is -0.444 e. The van der Waals surface area contributed by atoms with E-state index in [-0.39, 0.29) is 28.4 Å². The second-order valence-corrected chi connectivity index (χ2v) is 11.5. The zero-order chi connectivity index (χ0) is 30.7. The number of halogens is 2. The van der Waals surface area contributed by atoms with E-state index < -0.39 is 85.0 Å². The normalized spacial score (nSPS) is 23.2. The van der Waals surface area contributed by atoms with Crippen molar-refractivity contribution in [2.75, 3.05) is 24.9 Å². The summed E-state index contributed by atoms with van der Waals surface area (Å²) < 4.78 is 47.5. The van der Waals surface area contributed by atoms with Gasteiger partial charge in [-0.25, -0.2) is 23.4 Å². The first-order valence-electron chi connectivity index (χ1n) is 13.0. The molecule has 3 atom stereocenters. The van der Waals surface area contributed by atoms with Crippen molar-refractivity contribution in [3.05, 3.63) is 28.3 Å². The van der Waals surface area contributed by atoms with Crippen LogP contribution in [0.4, 0.5) is 19.3 Å². The van der Waals surface area contributed by atoms with Crippen LogP contribution >= 0.6 is 11.3 Å². The predicted molar refractivity (Wildman–Crippen MR) is 140 cm³/mol. The summed E-state index contributed by atoms with van der Waals surface area (Å²) in [5.74, 6) is -6.03. The maximum atomic E-state index is 16.0. The zero-order valence-electron chi connectivity index (χ0n) is 23.3. The number of anilines is 1. The molecule has 0 bridgehead atoms. The van der Waals surface area contributed by atoms with Crippen molar-refractivity contribution in [1.82, 2.24) is 20.0 Å². The summed E-state index contributed by atoms with van der Waals surface area (Å²) in [6.07, 6.45) is -1.90. The van der Waals surface area contributed by atoms with Crippen molar-refractivity contribution in [1.29, 1.82) is 0 Å². The molecule has 16 heteroatoms. The number of aryl methyl sites for hydroxylation is 1. The van der Waals surface area contributed by atoms with Crippen molar-refractivity contribution in [2.24, 2.45) is 5.41 Å². The molecule has 2 fully saturated rings. The highest BCUT2D eigenvalue weighted by Crippen LogP contribution is 2.51. The Morgan fingerprint density at radius 3 is 2.17 bits per heavy atom. The maximum absolute atomic E-state index is 16.0. The summed E-state index contributed by atoms with van der Waals surface area (Å²) in [6, 6.07) is -1.08. The van der Waals surface area contributed by atoms with Gasteiger partial charge in [0.1, 0.15) is 5.01 Å². The minimum absolute atomic E-state index is 0.0280. The third-order valence-electron chi connectivity index (χ3n) is 7.47. The largest absolute Gasteiger partial charge is 0.444 e. The average molecular weight is 608 g/mol. The number of amides is 4. The number of barbiturate groups is 1. The Morgan fingerprint density at radius 1 is 1.05 bits per heavy atom. The number of benzene rings is 1. The fourth-order valence-electron chi connectivity index (χ4n) is 5.94. The molecule has 2 aromatic rings. The molecule has 42 heavy (non-hydrogen) atoms. The summed E-state index contributed by atoms with van der Waals surface area (Å²) in [5, 5.41) is 8.41. The Kier molecular flexibility index (Phi) is 7.47. The molecular weight excluding hydrogens is 580 g/mol. The fourth-order valence-corrected chi connectivity index (χ4v) is 6.64. The lowest BCUT2D eigenvalue weighted by molar-refractivity contribution is -0.176. The van der Waals surface area contributed by atoms with Gasteiger partial charge in [-0.05, 0) is 32.4 Å². The van der Waals surface area contributed by atoms with E-state index >= 15 is 8.78 Å². The maximum Gasteiger partial charge on any atom is 0.339 e. The third-order valence-corrected chi connectivity index (χ3v) is 8.34. The summed E-state index contributed by atoms with van der Waals surface area (Å²) >= 11 is 1.03. The number of aromatic nitrogens is 2. The van der Waals surface area contributed by atoms with Crippen LogP contribution in [0.1, 0.15) is 38.3 Å². The molecule has 4 amide bonds. The van der Waals surface area contributed by atoms with E-state index in [2.05, 4.69) is 10.2 Å². The molecule has 0 aliphatic carbocycles. The van der Waals surface area contributed by atoms with Crippen molar-refractivity contribution in [2.45, 2.75) is 59.3 Å². The van der Waals surface area contributed by atoms with E-state index in [1.54, 1.807) is 20.8 Å². The number of imide groups is 2. The van der Waals surface area contributed by atoms with E-state index in [0.717, 1.165) is 25.2 Å². The van der Waals surface area contributed by atoms with Crippen LogP contribution in [0, 0.1) is 24.0 Å². The minimum atomic E-state index is -2.15. The van der Waals surface area contributed by atoms with Gasteiger partial charge in [0.15, 0.2) is 35.5 Å². The van der Waals surface area contributed by atoms with E-state index in [9.17, 15) is 24.0 Å². The van der Waals surface area contributed by atoms with Gasteiger partial charge in [-0.1, -0.05) is 11.3 Å². The van der Waals surface area contributed by atoms with Crippen LogP contribution in [0.2, 0.25) is 0 Å². The molecule has 2 saturated heterocycles. The van der Waals surface area contributed by atoms with Crippen molar-refractivity contribution in [3.8, 4) is 10.6 Å². The molecule has 1 spiro atoms. The van der Waals surface area contributed by atoms with Gasteiger partial charge in [0.05, 0.1) is 29.5 Å². The van der Waals surface area contributed by atoms with Crippen LogP contribution in [0.15, 0.2) is 6.07 Å². The van der Waals surface area contributed by atoms with Gasteiger partial charge in [0.25, 0.3) is 11.8 Å². The predicted octanol–water partition coefficient (Wildman–Crippen LogP) is 2.15. The van der Waals surface area contributed by atoms with Crippen LogP contribution in [-0.4, -0.2) is 88.0 Å². The SMILES string of the molecule is CC(=O)OCN1C(=O)N(COC(C)=O)C(=O)C2(Cc3cc(-c4nnc(C)s4)c(F)c(F)c3N3C[C@H](C)O[C@H](C)C32)C1=O. The van der Waals surface area contributed by atoms with Gasteiger partial charge in [-0.15, -0.1) is 10.2 Å². The second-order valence-electron chi connectivity index (χ2n) is 10.4. The smallest absolute Gasteiger partial charge is 0.339 e. The quantitative estimate of drug-likeness (QED) is 0.364. The fraction of sp³-hybridized carbons (Fsp3) is 0.500. The molecule has 3 aliphatic heterocycles. The number of rotatable bonds is 5. The molecule has 1 aromatic heterocycles. The number of ether oxygens (including phenoxy) is 3. The zero-order valence-corrected chi connectivity index (χ0v) is 24.1. The summed E-state index contributed by atoms with van der Waals surface area (Å²) in [4.78, 5) is 67.7. The van der Waals surface area contributed by atoms with Crippen LogP contribution in [-0.2, 0) is 39.8 Å². The number of morpholine rings is 1. The molecule has 0 N–H and O–H groups in total. The highest BCUT2D eigenvalue weighted by atomic mass is 32.1. The van der Waals surface area contributed by atoms with Gasteiger partial charge >= 0.3 is 18.0 Å². The number of nitrogens with zero attached hydrogens (tertiary/aromatic N) is 5. The number of urea groups is 1. The lowest BCUT2D eigenvalue weighted by Crippen LogP contribution is -2.76. The summed E-state index contributed by atoms with van der Waals surface area (Å²) in [5.41, 5.74) is -2.41. The number of hydrogen-bond acceptors (Lipinski definition) is 12. The van der Waals surface area contributed by atoms with Crippen LogP contribution in [0.5, 0.6) is 0 Å². The summed E-state index contributed by atoms with van der Waals surface area (Å²) in [7, 11) is 0. The Morgan fingerprint density at radius 2 is 1.64 bits per heavy atom. The molecule has 4 heterocycles. The van der Waals surface area contributed by atoms with Gasteiger partial charge in [0, 0.05) is 26.8 Å². The van der Waals surface area contributed by atoms with E-state index in [4.69, 9.17) is 14.2 Å². The molecule has 224 valence electrons. The first-order valence-corrected chi connectivity index (χ1v) is 13.8. The van der Waals surface area contributed by atoms with Gasteiger partial charge in [-0.2, -0.15) is 0 Å². The van der Waals surface area contributed by atoms with Gasteiger partial charge < -0.3 is 19.1 Å².